The Morgan fingerprint density at radius 2 is 2.18 bits per heavy atom. The standard InChI is InChI=1S/C20H21N3O4S/c1-12-5-7-16-15(10-12)23-20(27-16)28-11-13-6-8-17(26-13)19(25)22-14-4-2-3-9-21-18(14)24/h5-8,10,14H,2-4,9,11H2,1H3,(H,21,24)(H,22,25). The van der Waals surface area contributed by atoms with E-state index >= 15 is 0 Å². The summed E-state index contributed by atoms with van der Waals surface area (Å²) < 4.78 is 11.3. The van der Waals surface area contributed by atoms with Gasteiger partial charge in [-0.1, -0.05) is 17.8 Å². The normalized spacial score (nSPS) is 17.3. The Kier molecular flexibility index (Phi) is 5.38. The van der Waals surface area contributed by atoms with Crippen molar-refractivity contribution in [1.29, 1.82) is 0 Å². The van der Waals surface area contributed by atoms with E-state index < -0.39 is 6.04 Å². The maximum absolute atomic E-state index is 12.4. The van der Waals surface area contributed by atoms with Crippen LogP contribution in [0.15, 0.2) is 44.4 Å². The number of amides is 2. The highest BCUT2D eigenvalue weighted by atomic mass is 32.2. The van der Waals surface area contributed by atoms with Crippen LogP contribution in [0.25, 0.3) is 11.1 Å². The van der Waals surface area contributed by atoms with Crippen molar-refractivity contribution >= 4 is 34.7 Å². The number of nitrogens with one attached hydrogen (secondary N) is 2. The van der Waals surface area contributed by atoms with Gasteiger partial charge < -0.3 is 19.5 Å². The number of rotatable bonds is 5. The van der Waals surface area contributed by atoms with Crippen molar-refractivity contribution in [3.8, 4) is 0 Å². The molecule has 28 heavy (non-hydrogen) atoms. The van der Waals surface area contributed by atoms with Gasteiger partial charge in [-0.25, -0.2) is 4.98 Å². The van der Waals surface area contributed by atoms with E-state index in [-0.39, 0.29) is 17.6 Å². The maximum Gasteiger partial charge on any atom is 0.287 e. The molecule has 1 unspecified atom stereocenters. The monoisotopic (exact) mass is 399 g/mol. The lowest BCUT2D eigenvalue weighted by molar-refractivity contribution is -0.122. The zero-order valence-electron chi connectivity index (χ0n) is 15.5. The van der Waals surface area contributed by atoms with E-state index in [1.165, 1.54) is 11.8 Å². The fourth-order valence-electron chi connectivity index (χ4n) is 3.09. The van der Waals surface area contributed by atoms with Gasteiger partial charge >= 0.3 is 0 Å². The molecule has 1 aliphatic heterocycles. The van der Waals surface area contributed by atoms with Crippen LogP contribution in [0.5, 0.6) is 0 Å². The summed E-state index contributed by atoms with van der Waals surface area (Å²) in [6.45, 7) is 2.66. The summed E-state index contributed by atoms with van der Waals surface area (Å²) in [6.07, 6.45) is 2.46. The summed E-state index contributed by atoms with van der Waals surface area (Å²) >= 11 is 1.40. The maximum atomic E-state index is 12.4. The first-order valence-electron chi connectivity index (χ1n) is 9.26. The van der Waals surface area contributed by atoms with Crippen LogP contribution in [0.3, 0.4) is 0 Å². The smallest absolute Gasteiger partial charge is 0.287 e. The lowest BCUT2D eigenvalue weighted by atomic mass is 10.1. The number of carbonyl (C=O) groups excluding carboxylic acids is 2. The minimum atomic E-state index is -0.513. The van der Waals surface area contributed by atoms with E-state index in [9.17, 15) is 9.59 Å². The first-order chi connectivity index (χ1) is 13.6. The van der Waals surface area contributed by atoms with Crippen molar-refractivity contribution in [1.82, 2.24) is 15.6 Å². The molecule has 3 aromatic rings. The van der Waals surface area contributed by atoms with Gasteiger partial charge in [-0.2, -0.15) is 0 Å². The molecule has 2 N–H and O–H groups in total. The van der Waals surface area contributed by atoms with Crippen LogP contribution in [-0.4, -0.2) is 29.4 Å². The van der Waals surface area contributed by atoms with Crippen LogP contribution >= 0.6 is 11.8 Å². The number of carbonyl (C=O) groups is 2. The molecule has 4 rings (SSSR count). The average molecular weight is 399 g/mol. The van der Waals surface area contributed by atoms with Crippen molar-refractivity contribution in [3.63, 3.8) is 0 Å². The van der Waals surface area contributed by atoms with E-state index in [2.05, 4.69) is 15.6 Å². The molecule has 8 heteroatoms. The molecule has 1 fully saturated rings. The summed E-state index contributed by atoms with van der Waals surface area (Å²) in [5.74, 6) is 0.804. The molecule has 3 heterocycles. The molecule has 0 radical (unpaired) electrons. The summed E-state index contributed by atoms with van der Waals surface area (Å²) in [6, 6.07) is 8.72. The highest BCUT2D eigenvalue weighted by Crippen LogP contribution is 2.27. The molecule has 1 aromatic carbocycles. The summed E-state index contributed by atoms with van der Waals surface area (Å²) in [5, 5.41) is 6.11. The average Bonchev–Trinajstić information content (AvgIpc) is 3.26. The third-order valence-corrected chi connectivity index (χ3v) is 5.44. The van der Waals surface area contributed by atoms with Gasteiger partial charge in [0.25, 0.3) is 11.1 Å². The van der Waals surface area contributed by atoms with Crippen molar-refractivity contribution in [2.24, 2.45) is 0 Å². The Balaban J connectivity index is 1.36. The summed E-state index contributed by atoms with van der Waals surface area (Å²) in [4.78, 5) is 28.8. The predicted molar refractivity (Wildman–Crippen MR) is 105 cm³/mol. The number of aromatic nitrogens is 1. The Morgan fingerprint density at radius 1 is 1.29 bits per heavy atom. The molecule has 1 aliphatic rings. The van der Waals surface area contributed by atoms with Crippen molar-refractivity contribution in [2.45, 2.75) is 43.2 Å². The number of hydrogen-bond donors (Lipinski definition) is 2. The van der Waals surface area contributed by atoms with Crippen molar-refractivity contribution < 1.29 is 18.4 Å². The number of thioether (sulfide) groups is 1. The van der Waals surface area contributed by atoms with Crippen LogP contribution in [0.4, 0.5) is 0 Å². The highest BCUT2D eigenvalue weighted by Gasteiger charge is 2.24. The Hall–Kier alpha value is -2.74. The number of furan rings is 1. The van der Waals surface area contributed by atoms with Gasteiger partial charge in [0.1, 0.15) is 17.3 Å². The number of aryl methyl sites for hydroxylation is 1. The summed E-state index contributed by atoms with van der Waals surface area (Å²) in [7, 11) is 0. The molecule has 7 nitrogen and oxygen atoms in total. The predicted octanol–water partition coefficient (Wildman–Crippen LogP) is 3.42. The number of oxazole rings is 1. The van der Waals surface area contributed by atoms with Crippen LogP contribution in [0.1, 0.15) is 41.1 Å². The Labute approximate surface area is 166 Å². The van der Waals surface area contributed by atoms with Gasteiger partial charge in [-0.05, 0) is 56.0 Å². The first kappa shape index (κ1) is 18.6. The fraction of sp³-hybridized carbons (Fsp3) is 0.350. The molecule has 1 atom stereocenters. The topological polar surface area (TPSA) is 97.4 Å². The molecule has 0 aliphatic carbocycles. The van der Waals surface area contributed by atoms with Crippen LogP contribution < -0.4 is 10.6 Å². The van der Waals surface area contributed by atoms with E-state index in [1.54, 1.807) is 12.1 Å². The lowest BCUT2D eigenvalue weighted by Crippen LogP contribution is -2.45. The van der Waals surface area contributed by atoms with Crippen LogP contribution in [0.2, 0.25) is 0 Å². The molecule has 0 spiro atoms. The number of hydrogen-bond acceptors (Lipinski definition) is 6. The quantitative estimate of drug-likeness (QED) is 0.638. The highest BCUT2D eigenvalue weighted by molar-refractivity contribution is 7.98. The van der Waals surface area contributed by atoms with Gasteiger partial charge in [0.15, 0.2) is 11.3 Å². The summed E-state index contributed by atoms with van der Waals surface area (Å²) in [5.41, 5.74) is 2.69. The van der Waals surface area contributed by atoms with Crippen LogP contribution in [-0.2, 0) is 10.5 Å². The number of nitrogens with zero attached hydrogens (tertiary/aromatic N) is 1. The van der Waals surface area contributed by atoms with Gasteiger partial charge in [0.05, 0.1) is 5.75 Å². The third-order valence-electron chi connectivity index (χ3n) is 4.59. The van der Waals surface area contributed by atoms with Crippen LogP contribution in [0, 0.1) is 6.92 Å². The Bertz CT molecular complexity index is 1010. The molecule has 2 amide bonds. The van der Waals surface area contributed by atoms with E-state index in [0.29, 0.717) is 29.7 Å². The number of benzene rings is 1. The SMILES string of the molecule is Cc1ccc2oc(SCc3ccc(C(=O)NC4CCCCNC4=O)o3)nc2c1. The molecule has 1 saturated heterocycles. The Morgan fingerprint density at radius 3 is 3.07 bits per heavy atom. The minimum absolute atomic E-state index is 0.139. The first-order valence-corrected chi connectivity index (χ1v) is 10.2. The van der Waals surface area contributed by atoms with Gasteiger partial charge in [-0.3, -0.25) is 9.59 Å². The molecule has 0 bridgehead atoms. The zero-order chi connectivity index (χ0) is 19.5. The minimum Gasteiger partial charge on any atom is -0.455 e. The van der Waals surface area contributed by atoms with Crippen molar-refractivity contribution in [3.05, 3.63) is 47.4 Å². The molecular weight excluding hydrogens is 378 g/mol. The largest absolute Gasteiger partial charge is 0.455 e. The van der Waals surface area contributed by atoms with Gasteiger partial charge in [0.2, 0.25) is 5.91 Å². The second kappa shape index (κ2) is 8.10. The lowest BCUT2D eigenvalue weighted by Gasteiger charge is -2.13. The molecule has 0 saturated carbocycles. The molecular formula is C20H21N3O4S. The number of fused-ring (bicyclic) bond motifs is 1. The van der Waals surface area contributed by atoms with Crippen molar-refractivity contribution in [2.75, 3.05) is 6.54 Å². The fourth-order valence-corrected chi connectivity index (χ4v) is 3.83. The van der Waals surface area contributed by atoms with Gasteiger partial charge in [0, 0.05) is 6.54 Å². The molecule has 2 aromatic heterocycles. The molecule has 146 valence electrons. The van der Waals surface area contributed by atoms with E-state index in [0.717, 1.165) is 29.5 Å². The van der Waals surface area contributed by atoms with Gasteiger partial charge in [-0.15, -0.1) is 0 Å². The van der Waals surface area contributed by atoms with E-state index in [1.807, 2.05) is 25.1 Å². The second-order valence-corrected chi connectivity index (χ2v) is 7.75. The van der Waals surface area contributed by atoms with E-state index in [4.69, 9.17) is 8.83 Å². The third kappa shape index (κ3) is 4.22. The second-order valence-electron chi connectivity index (χ2n) is 6.82. The zero-order valence-corrected chi connectivity index (χ0v) is 16.3.